The molecule has 1 aliphatic carbocycles. The van der Waals surface area contributed by atoms with E-state index in [2.05, 4.69) is 39.5 Å². The third-order valence-corrected chi connectivity index (χ3v) is 6.23. The van der Waals surface area contributed by atoms with E-state index in [1.165, 1.54) is 5.56 Å². The highest BCUT2D eigenvalue weighted by Crippen LogP contribution is 2.23. The van der Waals surface area contributed by atoms with Crippen molar-refractivity contribution in [3.8, 4) is 5.75 Å². The normalized spacial score (nSPS) is 18.9. The highest BCUT2D eigenvalue weighted by atomic mass is 35.5. The number of hydrogen-bond donors (Lipinski definition) is 1. The summed E-state index contributed by atoms with van der Waals surface area (Å²) in [6, 6.07) is 16.4. The van der Waals surface area contributed by atoms with Crippen molar-refractivity contribution in [1.29, 1.82) is 0 Å². The quantitative estimate of drug-likeness (QED) is 0.554. The average Bonchev–Trinajstić information content (AvgIpc) is 3.50. The number of pyridine rings is 1. The first-order chi connectivity index (χ1) is 15.2. The Balaban J connectivity index is 1.16. The van der Waals surface area contributed by atoms with E-state index in [9.17, 15) is 4.79 Å². The topological polar surface area (TPSA) is 54.5 Å². The van der Waals surface area contributed by atoms with Gasteiger partial charge in [-0.2, -0.15) is 0 Å². The van der Waals surface area contributed by atoms with Crippen LogP contribution in [0.1, 0.15) is 40.7 Å². The maximum absolute atomic E-state index is 12.1. The van der Waals surface area contributed by atoms with E-state index in [0.29, 0.717) is 17.5 Å². The SMILES string of the molecule is O=C(NC1CC1)c1ccc(O[C@@H]2CCN(Cc3ccc4ncc(CCl)cc4c3)C2)cc1. The fourth-order valence-electron chi connectivity index (χ4n) is 4.07. The van der Waals surface area contributed by atoms with Crippen molar-refractivity contribution in [3.63, 3.8) is 0 Å². The Morgan fingerprint density at radius 1 is 1.10 bits per heavy atom. The Morgan fingerprint density at radius 3 is 2.68 bits per heavy atom. The second-order valence-corrected chi connectivity index (χ2v) is 8.81. The van der Waals surface area contributed by atoms with Gasteiger partial charge < -0.3 is 10.1 Å². The molecule has 1 amide bonds. The number of amides is 1. The summed E-state index contributed by atoms with van der Waals surface area (Å²) in [7, 11) is 0. The minimum Gasteiger partial charge on any atom is -0.489 e. The summed E-state index contributed by atoms with van der Waals surface area (Å²) in [6.07, 6.45) is 5.18. The number of halogens is 1. The third kappa shape index (κ3) is 5.00. The van der Waals surface area contributed by atoms with E-state index in [1.807, 2.05) is 30.5 Å². The molecule has 2 aromatic carbocycles. The van der Waals surface area contributed by atoms with Gasteiger partial charge in [-0.25, -0.2) is 0 Å². The van der Waals surface area contributed by atoms with Gasteiger partial charge in [-0.05, 0) is 72.9 Å². The zero-order valence-electron chi connectivity index (χ0n) is 17.4. The first kappa shape index (κ1) is 20.3. The molecule has 5 nitrogen and oxygen atoms in total. The molecule has 160 valence electrons. The van der Waals surface area contributed by atoms with Gasteiger partial charge in [0.1, 0.15) is 11.9 Å². The van der Waals surface area contributed by atoms with Gasteiger partial charge in [-0.1, -0.05) is 6.07 Å². The fourth-order valence-corrected chi connectivity index (χ4v) is 4.21. The van der Waals surface area contributed by atoms with Gasteiger partial charge in [-0.15, -0.1) is 11.6 Å². The molecule has 31 heavy (non-hydrogen) atoms. The molecule has 0 radical (unpaired) electrons. The zero-order valence-corrected chi connectivity index (χ0v) is 18.1. The molecule has 1 N–H and O–H groups in total. The zero-order chi connectivity index (χ0) is 21.2. The molecule has 1 aromatic heterocycles. The van der Waals surface area contributed by atoms with Gasteiger partial charge in [0.05, 0.1) is 5.52 Å². The van der Waals surface area contributed by atoms with E-state index in [1.54, 1.807) is 0 Å². The number of carbonyl (C=O) groups is 1. The Kier molecular flexibility index (Phi) is 5.79. The number of carbonyl (C=O) groups excluding carboxylic acids is 1. The van der Waals surface area contributed by atoms with Gasteiger partial charge in [0.25, 0.3) is 5.91 Å². The fraction of sp³-hybridized carbons (Fsp3) is 0.360. The lowest BCUT2D eigenvalue weighted by molar-refractivity contribution is 0.0951. The van der Waals surface area contributed by atoms with E-state index in [0.717, 1.165) is 61.1 Å². The number of ether oxygens (including phenoxy) is 1. The van der Waals surface area contributed by atoms with E-state index >= 15 is 0 Å². The van der Waals surface area contributed by atoms with Gasteiger partial charge >= 0.3 is 0 Å². The van der Waals surface area contributed by atoms with Gasteiger partial charge in [0.15, 0.2) is 0 Å². The number of nitrogens with zero attached hydrogens (tertiary/aromatic N) is 2. The van der Waals surface area contributed by atoms with E-state index < -0.39 is 0 Å². The molecular weight excluding hydrogens is 410 g/mol. The van der Waals surface area contributed by atoms with Crippen LogP contribution in [0, 0.1) is 0 Å². The number of hydrogen-bond acceptors (Lipinski definition) is 4. The smallest absolute Gasteiger partial charge is 0.251 e. The summed E-state index contributed by atoms with van der Waals surface area (Å²) in [5, 5.41) is 4.15. The standard InChI is InChI=1S/C25H26ClN3O2/c26-13-18-12-20-11-17(1-8-24(20)27-14-18)15-29-10-9-23(16-29)31-22-6-2-19(3-7-22)25(30)28-21-4-5-21/h1-3,6-8,11-12,14,21,23H,4-5,9-10,13,15-16H2,(H,28,30)/t23-/m1/s1. The highest BCUT2D eigenvalue weighted by molar-refractivity contribution is 6.17. The van der Waals surface area contributed by atoms with Gasteiger partial charge in [-0.3, -0.25) is 14.7 Å². The van der Waals surface area contributed by atoms with Crippen molar-refractivity contribution < 1.29 is 9.53 Å². The molecule has 5 rings (SSSR count). The summed E-state index contributed by atoms with van der Waals surface area (Å²) in [6.45, 7) is 2.79. The predicted octanol–water partition coefficient (Wildman–Crippen LogP) is 4.52. The first-order valence-electron chi connectivity index (χ1n) is 10.9. The molecule has 0 spiro atoms. The van der Waals surface area contributed by atoms with Crippen molar-refractivity contribution in [1.82, 2.24) is 15.2 Å². The number of likely N-dealkylation sites (tertiary alicyclic amines) is 1. The maximum atomic E-state index is 12.1. The average molecular weight is 436 g/mol. The lowest BCUT2D eigenvalue weighted by Crippen LogP contribution is -2.25. The number of rotatable bonds is 7. The van der Waals surface area contributed by atoms with Crippen molar-refractivity contribution in [3.05, 3.63) is 71.4 Å². The summed E-state index contributed by atoms with van der Waals surface area (Å²) in [4.78, 5) is 19.0. The van der Waals surface area contributed by atoms with E-state index in [-0.39, 0.29) is 12.0 Å². The van der Waals surface area contributed by atoms with Gasteiger partial charge in [0, 0.05) is 48.7 Å². The molecule has 1 saturated carbocycles. The Bertz CT molecular complexity index is 1080. The number of fused-ring (bicyclic) bond motifs is 1. The van der Waals surface area contributed by atoms with Crippen LogP contribution in [-0.4, -0.2) is 41.0 Å². The first-order valence-corrected chi connectivity index (χ1v) is 11.4. The van der Waals surface area contributed by atoms with E-state index in [4.69, 9.17) is 16.3 Å². The lowest BCUT2D eigenvalue weighted by atomic mass is 10.1. The summed E-state index contributed by atoms with van der Waals surface area (Å²) in [5.41, 5.74) is 4.00. The van der Waals surface area contributed by atoms with Crippen LogP contribution in [0.25, 0.3) is 10.9 Å². The minimum atomic E-state index is 0.00449. The van der Waals surface area contributed by atoms with Crippen molar-refractivity contribution in [2.24, 2.45) is 0 Å². The molecule has 1 atom stereocenters. The lowest BCUT2D eigenvalue weighted by Gasteiger charge is -2.17. The molecule has 1 saturated heterocycles. The van der Waals surface area contributed by atoms with Crippen LogP contribution < -0.4 is 10.1 Å². The third-order valence-electron chi connectivity index (χ3n) is 5.92. The van der Waals surface area contributed by atoms with Crippen LogP contribution in [0.3, 0.4) is 0 Å². The largest absolute Gasteiger partial charge is 0.489 e. The molecule has 2 aliphatic rings. The number of nitrogens with one attached hydrogen (secondary N) is 1. The Morgan fingerprint density at radius 2 is 1.90 bits per heavy atom. The molecule has 0 unspecified atom stereocenters. The number of alkyl halides is 1. The Hall–Kier alpha value is -2.63. The number of aromatic nitrogens is 1. The second-order valence-electron chi connectivity index (χ2n) is 8.54. The van der Waals surface area contributed by atoms with Crippen LogP contribution in [0.4, 0.5) is 0 Å². The van der Waals surface area contributed by atoms with Crippen LogP contribution in [-0.2, 0) is 12.4 Å². The summed E-state index contributed by atoms with van der Waals surface area (Å²) < 4.78 is 6.17. The molecule has 6 heteroatoms. The van der Waals surface area contributed by atoms with Crippen LogP contribution in [0.5, 0.6) is 5.75 Å². The molecule has 1 aliphatic heterocycles. The predicted molar refractivity (Wildman–Crippen MR) is 123 cm³/mol. The van der Waals surface area contributed by atoms with Crippen LogP contribution in [0.15, 0.2) is 54.7 Å². The van der Waals surface area contributed by atoms with Crippen LogP contribution in [0.2, 0.25) is 0 Å². The summed E-state index contributed by atoms with van der Waals surface area (Å²) in [5.74, 6) is 1.30. The summed E-state index contributed by atoms with van der Waals surface area (Å²) >= 11 is 5.95. The second kappa shape index (κ2) is 8.85. The van der Waals surface area contributed by atoms with Crippen molar-refractivity contribution in [2.75, 3.05) is 13.1 Å². The monoisotopic (exact) mass is 435 g/mol. The van der Waals surface area contributed by atoms with Crippen LogP contribution >= 0.6 is 11.6 Å². The molecule has 2 heterocycles. The minimum absolute atomic E-state index is 0.00449. The molecular formula is C25H26ClN3O2. The molecule has 3 aromatic rings. The molecule has 0 bridgehead atoms. The highest BCUT2D eigenvalue weighted by Gasteiger charge is 2.25. The number of benzene rings is 2. The van der Waals surface area contributed by atoms with Crippen molar-refractivity contribution in [2.45, 2.75) is 43.8 Å². The maximum Gasteiger partial charge on any atom is 0.251 e. The Labute approximate surface area is 187 Å². The van der Waals surface area contributed by atoms with Crippen molar-refractivity contribution >= 4 is 28.4 Å². The molecule has 2 fully saturated rings. The van der Waals surface area contributed by atoms with Gasteiger partial charge in [0.2, 0.25) is 0 Å².